The van der Waals surface area contributed by atoms with E-state index in [1.165, 1.54) is 57.8 Å². The maximum atomic E-state index is 12.6. The number of carbonyl (C=O) groups is 2. The lowest BCUT2D eigenvalue weighted by atomic mass is 9.32. The van der Waals surface area contributed by atoms with Crippen molar-refractivity contribution in [2.75, 3.05) is 0 Å². The highest BCUT2D eigenvalue weighted by molar-refractivity contribution is 5.76. The zero-order chi connectivity index (χ0) is 29.1. The Kier molecular flexibility index (Phi) is 6.60. The van der Waals surface area contributed by atoms with E-state index in [0.717, 1.165) is 37.5 Å². The maximum Gasteiger partial charge on any atom is 0.312 e. The van der Waals surface area contributed by atoms with Crippen LogP contribution in [0.2, 0.25) is 0 Å². The summed E-state index contributed by atoms with van der Waals surface area (Å²) in [6.45, 7) is 12.4. The second-order valence-electron chi connectivity index (χ2n) is 17.3. The van der Waals surface area contributed by atoms with E-state index >= 15 is 0 Å². The van der Waals surface area contributed by atoms with Crippen LogP contribution in [0.25, 0.3) is 0 Å². The molecule has 11 fully saturated rings. The third-order valence-corrected chi connectivity index (χ3v) is 14.9. The van der Waals surface area contributed by atoms with Gasteiger partial charge >= 0.3 is 11.9 Å². The Morgan fingerprint density at radius 2 is 1.29 bits per heavy atom. The summed E-state index contributed by atoms with van der Waals surface area (Å²) in [4.78, 5) is 25.0. The number of ether oxygens (including phenoxy) is 2. The van der Waals surface area contributed by atoms with Gasteiger partial charge < -0.3 is 14.6 Å². The molecule has 230 valence electrons. The number of aliphatic hydroxyl groups is 1. The zero-order valence-corrected chi connectivity index (χ0v) is 26.6. The first-order valence-corrected chi connectivity index (χ1v) is 17.5. The summed E-state index contributed by atoms with van der Waals surface area (Å²) in [7, 11) is 0. The molecule has 0 amide bonds. The average Bonchev–Trinajstić information content (AvgIpc) is 2.93. The summed E-state index contributed by atoms with van der Waals surface area (Å²) in [6, 6.07) is 0. The van der Waals surface area contributed by atoms with Gasteiger partial charge in [0.1, 0.15) is 11.2 Å². The van der Waals surface area contributed by atoms with Crippen LogP contribution in [0.4, 0.5) is 0 Å². The predicted octanol–water partition coefficient (Wildman–Crippen LogP) is 7.33. The van der Waals surface area contributed by atoms with Gasteiger partial charge in [0, 0.05) is 11.8 Å². The molecule has 11 aliphatic carbocycles. The molecular formula is C36H56O5. The molecule has 12 bridgehead atoms. The molecule has 0 saturated heterocycles. The minimum absolute atomic E-state index is 0.00588. The van der Waals surface area contributed by atoms with Gasteiger partial charge in [-0.15, -0.1) is 0 Å². The minimum Gasteiger partial charge on any atom is -0.458 e. The Morgan fingerprint density at radius 3 is 1.80 bits per heavy atom. The van der Waals surface area contributed by atoms with Crippen molar-refractivity contribution in [2.45, 2.75) is 142 Å². The molecule has 0 spiro atoms. The Labute approximate surface area is 248 Å². The van der Waals surface area contributed by atoms with Crippen molar-refractivity contribution in [1.82, 2.24) is 0 Å². The van der Waals surface area contributed by atoms with Crippen molar-refractivity contribution in [3.63, 3.8) is 0 Å². The van der Waals surface area contributed by atoms with Crippen LogP contribution in [-0.4, -0.2) is 33.8 Å². The molecule has 11 aliphatic rings. The first-order chi connectivity index (χ1) is 19.3. The highest BCUT2D eigenvalue weighted by atomic mass is 16.6. The second kappa shape index (κ2) is 9.45. The van der Waals surface area contributed by atoms with Crippen molar-refractivity contribution in [1.29, 1.82) is 0 Å². The second-order valence-corrected chi connectivity index (χ2v) is 17.3. The van der Waals surface area contributed by atoms with Gasteiger partial charge in [-0.1, -0.05) is 20.8 Å². The van der Waals surface area contributed by atoms with Crippen molar-refractivity contribution >= 4 is 11.9 Å². The quantitative estimate of drug-likeness (QED) is 0.340. The molecule has 5 heteroatoms. The van der Waals surface area contributed by atoms with E-state index in [1.807, 2.05) is 20.8 Å². The normalized spacial score (nSPS) is 51.8. The first kappa shape index (κ1) is 28.7. The molecular weight excluding hydrogens is 512 g/mol. The third kappa shape index (κ3) is 4.08. The number of hydrogen-bond donors (Lipinski definition) is 1. The van der Waals surface area contributed by atoms with Gasteiger partial charge in [-0.25, -0.2) is 0 Å². The summed E-state index contributed by atoms with van der Waals surface area (Å²) in [5.41, 5.74) is -1.13. The highest BCUT2D eigenvalue weighted by Crippen LogP contribution is 2.75. The van der Waals surface area contributed by atoms with Gasteiger partial charge in [0.2, 0.25) is 0 Å². The van der Waals surface area contributed by atoms with Gasteiger partial charge in [0.15, 0.2) is 0 Å². The van der Waals surface area contributed by atoms with E-state index in [0.29, 0.717) is 47.3 Å². The first-order valence-electron chi connectivity index (χ1n) is 17.5. The van der Waals surface area contributed by atoms with Crippen LogP contribution in [-0.2, 0) is 19.1 Å². The van der Waals surface area contributed by atoms with E-state index in [1.54, 1.807) is 0 Å². The van der Waals surface area contributed by atoms with Crippen LogP contribution >= 0.6 is 0 Å². The Morgan fingerprint density at radius 1 is 0.780 bits per heavy atom. The lowest BCUT2D eigenvalue weighted by Crippen LogP contribution is -2.78. The number of rotatable bonds is 6. The standard InChI is InChI=1S/C19H28O3.C17H28O2/c1-3-10(2)17(20)22-19-9-12-4-13-15(19)6-11-7-16(19)14(5-12)18(13,21)8-11;1-5-16(2,3)15(18)19-17(4)13-7-11-6-12(9-13)10-14(17)8-11/h10-16,21H,3-9H2,1-2H3;11-14H,5-10H2,1-4H3. The minimum atomic E-state index is -0.417. The van der Waals surface area contributed by atoms with Crippen LogP contribution in [0.3, 0.4) is 0 Å². The topological polar surface area (TPSA) is 72.8 Å². The third-order valence-electron chi connectivity index (χ3n) is 14.9. The van der Waals surface area contributed by atoms with Crippen LogP contribution in [0, 0.1) is 70.5 Å². The summed E-state index contributed by atoms with van der Waals surface area (Å²) in [5, 5.41) is 11.4. The van der Waals surface area contributed by atoms with E-state index in [9.17, 15) is 14.7 Å². The number of esters is 2. The fourth-order valence-corrected chi connectivity index (χ4v) is 12.3. The molecule has 0 aromatic rings. The Bertz CT molecular complexity index is 1020. The van der Waals surface area contributed by atoms with Gasteiger partial charge in [-0.05, 0) is 152 Å². The fourth-order valence-electron chi connectivity index (χ4n) is 12.3. The summed E-state index contributed by atoms with van der Waals surface area (Å²) < 4.78 is 12.5. The largest absolute Gasteiger partial charge is 0.458 e. The summed E-state index contributed by atoms with van der Waals surface area (Å²) in [6.07, 6.45) is 15.2. The molecule has 0 radical (unpaired) electrons. The van der Waals surface area contributed by atoms with Crippen molar-refractivity contribution in [3.05, 3.63) is 0 Å². The molecule has 0 aromatic heterocycles. The maximum absolute atomic E-state index is 12.6. The highest BCUT2D eigenvalue weighted by Gasteiger charge is 2.76. The Balaban J connectivity index is 0.000000136. The SMILES string of the molecule is CCC(C)(C)C(=O)OC1(C)C2CC3CC(C2)CC1C3.CCC(C)C(=O)OC12CC3CC4C1CC1CC2C(C3)C4(O)C1. The summed E-state index contributed by atoms with van der Waals surface area (Å²) in [5.74, 6) is 6.19. The average molecular weight is 569 g/mol. The van der Waals surface area contributed by atoms with Gasteiger partial charge in [0.25, 0.3) is 0 Å². The van der Waals surface area contributed by atoms with Gasteiger partial charge in [0.05, 0.1) is 16.9 Å². The molecule has 0 aromatic carbocycles. The fraction of sp³-hybridized carbons (Fsp3) is 0.944. The van der Waals surface area contributed by atoms with Crippen molar-refractivity contribution in [2.24, 2.45) is 70.5 Å². The molecule has 11 rings (SSSR count). The summed E-state index contributed by atoms with van der Waals surface area (Å²) >= 11 is 0. The van der Waals surface area contributed by atoms with Gasteiger partial charge in [-0.3, -0.25) is 9.59 Å². The smallest absolute Gasteiger partial charge is 0.312 e. The van der Waals surface area contributed by atoms with E-state index < -0.39 is 5.60 Å². The van der Waals surface area contributed by atoms with Crippen LogP contribution in [0.1, 0.15) is 125 Å². The molecule has 5 unspecified atom stereocenters. The van der Waals surface area contributed by atoms with Crippen molar-refractivity contribution < 1.29 is 24.2 Å². The molecule has 41 heavy (non-hydrogen) atoms. The van der Waals surface area contributed by atoms with Gasteiger partial charge in [-0.2, -0.15) is 0 Å². The zero-order valence-electron chi connectivity index (χ0n) is 26.6. The van der Waals surface area contributed by atoms with Crippen LogP contribution in [0.5, 0.6) is 0 Å². The lowest BCUT2D eigenvalue weighted by Gasteiger charge is -2.75. The number of hydrogen-bond acceptors (Lipinski definition) is 5. The van der Waals surface area contributed by atoms with E-state index in [2.05, 4.69) is 20.8 Å². The van der Waals surface area contributed by atoms with Crippen molar-refractivity contribution in [3.8, 4) is 0 Å². The molecule has 0 heterocycles. The molecule has 5 nitrogen and oxygen atoms in total. The van der Waals surface area contributed by atoms with E-state index in [-0.39, 0.29) is 34.5 Å². The van der Waals surface area contributed by atoms with E-state index in [4.69, 9.17) is 9.47 Å². The number of carbonyl (C=O) groups excluding carboxylic acids is 2. The predicted molar refractivity (Wildman–Crippen MR) is 157 cm³/mol. The molecule has 1 N–H and O–H groups in total. The lowest BCUT2D eigenvalue weighted by molar-refractivity contribution is -0.344. The molecule has 5 atom stereocenters. The van der Waals surface area contributed by atoms with Crippen LogP contribution in [0.15, 0.2) is 0 Å². The van der Waals surface area contributed by atoms with Crippen LogP contribution < -0.4 is 0 Å². The Hall–Kier alpha value is -1.10. The molecule has 0 aliphatic heterocycles. The monoisotopic (exact) mass is 568 g/mol. The molecule has 11 saturated carbocycles.